The third kappa shape index (κ3) is 0.932. The van der Waals surface area contributed by atoms with Gasteiger partial charge in [0.2, 0.25) is 0 Å². The van der Waals surface area contributed by atoms with Crippen LogP contribution in [0.3, 0.4) is 0 Å². The van der Waals surface area contributed by atoms with Gasteiger partial charge in [-0.3, -0.25) is 0 Å². The van der Waals surface area contributed by atoms with Crippen LogP contribution < -0.4 is 5.73 Å². The molecule has 2 aromatic rings. The number of fused-ring (bicyclic) bond motifs is 1. The molecule has 0 saturated carbocycles. The summed E-state index contributed by atoms with van der Waals surface area (Å²) >= 11 is 1.05. The van der Waals surface area contributed by atoms with Gasteiger partial charge in [0.15, 0.2) is 0 Å². The van der Waals surface area contributed by atoms with Crippen molar-refractivity contribution in [3.63, 3.8) is 0 Å². The van der Waals surface area contributed by atoms with Crippen molar-refractivity contribution in [1.82, 2.24) is 8.75 Å². The van der Waals surface area contributed by atoms with Crippen molar-refractivity contribution in [2.45, 2.75) is 0 Å². The van der Waals surface area contributed by atoms with Crippen LogP contribution in [-0.4, -0.2) is 8.75 Å². The van der Waals surface area contributed by atoms with Crippen LogP contribution in [0.1, 0.15) is 0 Å². The first kappa shape index (κ1) is 6.48. The molecule has 5 heteroatoms. The second kappa shape index (κ2) is 2.13. The lowest BCUT2D eigenvalue weighted by Crippen LogP contribution is -1.89. The molecule has 2 N–H and O–H groups in total. The zero-order chi connectivity index (χ0) is 7.84. The van der Waals surface area contributed by atoms with E-state index in [-0.39, 0.29) is 5.69 Å². The van der Waals surface area contributed by atoms with E-state index in [4.69, 9.17) is 5.73 Å². The van der Waals surface area contributed by atoms with E-state index in [2.05, 4.69) is 8.75 Å². The number of halogens is 1. The number of nitrogen functional groups attached to an aromatic ring is 1. The largest absolute Gasteiger partial charge is 0.396 e. The summed E-state index contributed by atoms with van der Waals surface area (Å²) in [7, 11) is 0. The first-order valence-corrected chi connectivity index (χ1v) is 3.68. The molecule has 1 heterocycles. The Balaban J connectivity index is 2.86. The predicted molar refractivity (Wildman–Crippen MR) is 41.8 cm³/mol. The van der Waals surface area contributed by atoms with E-state index in [0.29, 0.717) is 11.0 Å². The number of hydrogen-bond donors (Lipinski definition) is 1. The monoisotopic (exact) mass is 169 g/mol. The summed E-state index contributed by atoms with van der Waals surface area (Å²) in [5.74, 6) is -0.440. The van der Waals surface area contributed by atoms with Gasteiger partial charge in [-0.2, -0.15) is 8.75 Å². The summed E-state index contributed by atoms with van der Waals surface area (Å²) in [6.07, 6.45) is 0. The van der Waals surface area contributed by atoms with Gasteiger partial charge in [-0.15, -0.1) is 0 Å². The molecule has 0 aliphatic carbocycles. The molecule has 0 bridgehead atoms. The molecule has 2 rings (SSSR count). The number of hydrogen-bond acceptors (Lipinski definition) is 4. The van der Waals surface area contributed by atoms with E-state index >= 15 is 0 Å². The summed E-state index contributed by atoms with van der Waals surface area (Å²) in [4.78, 5) is 0. The molecular formula is C6H4FN3S. The van der Waals surface area contributed by atoms with Gasteiger partial charge in [0.05, 0.1) is 17.4 Å². The smallest absolute Gasteiger partial charge is 0.148 e. The maximum absolute atomic E-state index is 12.7. The van der Waals surface area contributed by atoms with Gasteiger partial charge in [-0.1, -0.05) is 0 Å². The summed E-state index contributed by atoms with van der Waals surface area (Å²) in [6, 6.07) is 2.77. The van der Waals surface area contributed by atoms with Crippen molar-refractivity contribution in [2.75, 3.05) is 5.73 Å². The van der Waals surface area contributed by atoms with Gasteiger partial charge in [0, 0.05) is 6.07 Å². The number of nitrogens with two attached hydrogens (primary N) is 1. The SMILES string of the molecule is Nc1cc2nsnc2cc1F. The highest BCUT2D eigenvalue weighted by molar-refractivity contribution is 7.00. The summed E-state index contributed by atoms with van der Waals surface area (Å²) in [5, 5.41) is 0. The normalized spacial score (nSPS) is 10.6. The molecule has 11 heavy (non-hydrogen) atoms. The van der Waals surface area contributed by atoms with Crippen LogP contribution >= 0.6 is 11.7 Å². The van der Waals surface area contributed by atoms with Crippen LogP contribution in [0.15, 0.2) is 12.1 Å². The lowest BCUT2D eigenvalue weighted by Gasteiger charge is -1.92. The molecule has 0 radical (unpaired) electrons. The van der Waals surface area contributed by atoms with Crippen LogP contribution in [0.4, 0.5) is 10.1 Å². The molecule has 1 aromatic heterocycles. The van der Waals surface area contributed by atoms with Gasteiger partial charge in [-0.05, 0) is 6.07 Å². The highest BCUT2D eigenvalue weighted by Crippen LogP contribution is 2.18. The van der Waals surface area contributed by atoms with Crippen molar-refractivity contribution in [2.24, 2.45) is 0 Å². The van der Waals surface area contributed by atoms with E-state index in [1.807, 2.05) is 0 Å². The summed E-state index contributed by atoms with van der Waals surface area (Å²) in [5.41, 5.74) is 6.63. The van der Waals surface area contributed by atoms with Crippen LogP contribution in [0.2, 0.25) is 0 Å². The highest BCUT2D eigenvalue weighted by Gasteiger charge is 2.03. The topological polar surface area (TPSA) is 51.8 Å². The van der Waals surface area contributed by atoms with Crippen LogP contribution in [0.25, 0.3) is 11.0 Å². The van der Waals surface area contributed by atoms with Crippen LogP contribution in [-0.2, 0) is 0 Å². The number of rotatable bonds is 0. The fraction of sp³-hybridized carbons (Fsp3) is 0. The second-order valence-corrected chi connectivity index (χ2v) is 2.66. The minimum Gasteiger partial charge on any atom is -0.396 e. The molecule has 3 nitrogen and oxygen atoms in total. The molecule has 56 valence electrons. The van der Waals surface area contributed by atoms with Crippen molar-refractivity contribution in [1.29, 1.82) is 0 Å². The average Bonchev–Trinajstić information content (AvgIpc) is 2.36. The Morgan fingerprint density at radius 1 is 1.27 bits per heavy atom. The fourth-order valence-corrected chi connectivity index (χ4v) is 1.33. The van der Waals surface area contributed by atoms with Gasteiger partial charge in [-0.25, -0.2) is 4.39 Å². The summed E-state index contributed by atoms with van der Waals surface area (Å²) in [6.45, 7) is 0. The molecular weight excluding hydrogens is 165 g/mol. The first-order valence-electron chi connectivity index (χ1n) is 2.94. The molecule has 0 atom stereocenters. The Morgan fingerprint density at radius 3 is 2.64 bits per heavy atom. The highest BCUT2D eigenvalue weighted by atomic mass is 32.1. The zero-order valence-electron chi connectivity index (χ0n) is 5.41. The lowest BCUT2D eigenvalue weighted by molar-refractivity contribution is 0.634. The first-order chi connectivity index (χ1) is 5.27. The molecule has 0 spiro atoms. The number of nitrogens with zero attached hydrogens (tertiary/aromatic N) is 2. The Labute approximate surface area is 66.0 Å². The number of anilines is 1. The Morgan fingerprint density at radius 2 is 1.91 bits per heavy atom. The summed E-state index contributed by atoms with van der Waals surface area (Å²) < 4.78 is 20.5. The van der Waals surface area contributed by atoms with E-state index in [1.54, 1.807) is 0 Å². The third-order valence-corrected chi connectivity index (χ3v) is 1.93. The predicted octanol–water partition coefficient (Wildman–Crippen LogP) is 1.41. The van der Waals surface area contributed by atoms with Crippen LogP contribution in [0, 0.1) is 5.82 Å². The quantitative estimate of drug-likeness (QED) is 0.606. The molecule has 0 aliphatic heterocycles. The van der Waals surface area contributed by atoms with Crippen molar-refractivity contribution in [3.8, 4) is 0 Å². The fourth-order valence-electron chi connectivity index (χ4n) is 0.822. The molecule has 1 aromatic carbocycles. The van der Waals surface area contributed by atoms with E-state index in [0.717, 1.165) is 11.7 Å². The van der Waals surface area contributed by atoms with Crippen molar-refractivity contribution < 1.29 is 4.39 Å². The van der Waals surface area contributed by atoms with E-state index < -0.39 is 5.82 Å². The van der Waals surface area contributed by atoms with Gasteiger partial charge < -0.3 is 5.73 Å². The van der Waals surface area contributed by atoms with Crippen molar-refractivity contribution in [3.05, 3.63) is 17.9 Å². The van der Waals surface area contributed by atoms with Gasteiger partial charge in [0.1, 0.15) is 16.9 Å². The van der Waals surface area contributed by atoms with Gasteiger partial charge in [0.25, 0.3) is 0 Å². The Bertz CT molecular complexity index is 362. The van der Waals surface area contributed by atoms with E-state index in [9.17, 15) is 4.39 Å². The molecule has 0 amide bonds. The second-order valence-electron chi connectivity index (χ2n) is 2.13. The standard InChI is InChI=1S/C6H4FN3S/c7-3-1-5-6(2-4(3)8)10-11-9-5/h1-2H,8H2. The Hall–Kier alpha value is -1.23. The minimum absolute atomic E-state index is 0.116. The van der Waals surface area contributed by atoms with Crippen molar-refractivity contribution >= 4 is 28.4 Å². The maximum atomic E-state index is 12.7. The maximum Gasteiger partial charge on any atom is 0.148 e. The molecule has 0 saturated heterocycles. The third-order valence-electron chi connectivity index (χ3n) is 1.37. The van der Waals surface area contributed by atoms with Gasteiger partial charge >= 0.3 is 0 Å². The van der Waals surface area contributed by atoms with Crippen LogP contribution in [0.5, 0.6) is 0 Å². The number of aromatic nitrogens is 2. The number of benzene rings is 1. The Kier molecular flexibility index (Phi) is 1.25. The molecule has 0 unspecified atom stereocenters. The minimum atomic E-state index is -0.440. The lowest BCUT2D eigenvalue weighted by atomic mass is 10.3. The zero-order valence-corrected chi connectivity index (χ0v) is 6.23. The average molecular weight is 169 g/mol. The molecule has 0 fully saturated rings. The van der Waals surface area contributed by atoms with E-state index in [1.165, 1.54) is 12.1 Å². The molecule has 0 aliphatic rings.